The standard InChI is InChI=1S/C16H20/c1-5-10-16-14(3)12-9-7-6-8-11-13(2)15(16)4/h5-12H,1-4H3/b7-6?,8-6?,9-7?,10-5-,11-8?,12-9?,13-11?,14-12?,15-13?,16-14?,16-15?. The van der Waals surface area contributed by atoms with Gasteiger partial charge in [-0.15, -0.1) is 0 Å². The first-order valence-electron chi connectivity index (χ1n) is 5.69. The van der Waals surface area contributed by atoms with Crippen molar-refractivity contribution < 1.29 is 0 Å². The van der Waals surface area contributed by atoms with E-state index in [1.807, 2.05) is 0 Å². The Morgan fingerprint density at radius 2 is 1.38 bits per heavy atom. The minimum atomic E-state index is 1.30. The monoisotopic (exact) mass is 212 g/mol. The number of rotatable bonds is 1. The molecule has 0 aliphatic carbocycles. The molecule has 16 heavy (non-hydrogen) atoms. The molecule has 0 radical (unpaired) electrons. The summed E-state index contributed by atoms with van der Waals surface area (Å²) in [5, 5.41) is 0. The molecule has 0 aliphatic heterocycles. The SMILES string of the molecule is C/C=C\c1c(C)ccccccc(C)c1C. The molecule has 0 heterocycles. The summed E-state index contributed by atoms with van der Waals surface area (Å²) in [5.41, 5.74) is 5.27. The molecule has 1 rings (SSSR count). The van der Waals surface area contributed by atoms with Gasteiger partial charge in [-0.2, -0.15) is 0 Å². The Balaban J connectivity index is 3.63. The molecule has 1 aromatic carbocycles. The minimum Gasteiger partial charge on any atom is -0.0870 e. The van der Waals surface area contributed by atoms with Gasteiger partial charge >= 0.3 is 0 Å². The molecule has 0 bridgehead atoms. The van der Waals surface area contributed by atoms with Crippen molar-refractivity contribution in [2.75, 3.05) is 0 Å². The van der Waals surface area contributed by atoms with E-state index in [2.05, 4.69) is 76.2 Å². The minimum absolute atomic E-state index is 1.30. The van der Waals surface area contributed by atoms with Crippen molar-refractivity contribution in [2.24, 2.45) is 0 Å². The topological polar surface area (TPSA) is 0 Å². The summed E-state index contributed by atoms with van der Waals surface area (Å²) < 4.78 is 0. The number of aryl methyl sites for hydroxylation is 2. The summed E-state index contributed by atoms with van der Waals surface area (Å²) >= 11 is 0. The third kappa shape index (κ3) is 3.23. The van der Waals surface area contributed by atoms with Gasteiger partial charge in [0, 0.05) is 0 Å². The molecule has 0 fully saturated rings. The fraction of sp³-hybridized carbons (Fsp3) is 0.250. The highest BCUT2D eigenvalue weighted by molar-refractivity contribution is 5.57. The van der Waals surface area contributed by atoms with Gasteiger partial charge < -0.3 is 0 Å². The molecule has 0 aromatic heterocycles. The Labute approximate surface area is 99.0 Å². The molecule has 0 amide bonds. The normalized spacial score (nSPS) is 10.2. The van der Waals surface area contributed by atoms with Crippen LogP contribution >= 0.6 is 0 Å². The van der Waals surface area contributed by atoms with Crippen molar-refractivity contribution in [3.63, 3.8) is 0 Å². The lowest BCUT2D eigenvalue weighted by atomic mass is 10.0. The van der Waals surface area contributed by atoms with Gasteiger partial charge in [0.05, 0.1) is 0 Å². The molecule has 1 aromatic rings. The Hall–Kier alpha value is -1.56. The van der Waals surface area contributed by atoms with Gasteiger partial charge in [0.15, 0.2) is 0 Å². The van der Waals surface area contributed by atoms with E-state index in [0.29, 0.717) is 0 Å². The first kappa shape index (κ1) is 12.5. The summed E-state index contributed by atoms with van der Waals surface area (Å²) in [5.74, 6) is 0. The zero-order chi connectivity index (χ0) is 12.0. The number of allylic oxidation sites excluding steroid dienone is 1. The molecule has 0 saturated carbocycles. The lowest BCUT2D eigenvalue weighted by Crippen LogP contribution is -1.85. The van der Waals surface area contributed by atoms with Crippen LogP contribution in [0, 0.1) is 20.8 Å². The third-order valence-corrected chi connectivity index (χ3v) is 2.78. The van der Waals surface area contributed by atoms with Crippen molar-refractivity contribution >= 4 is 6.08 Å². The largest absolute Gasteiger partial charge is 0.0870 e. The highest BCUT2D eigenvalue weighted by atomic mass is 14.0. The van der Waals surface area contributed by atoms with Gasteiger partial charge in [0.25, 0.3) is 0 Å². The van der Waals surface area contributed by atoms with Crippen LogP contribution in [0.2, 0.25) is 0 Å². The first-order chi connectivity index (χ1) is 7.66. The van der Waals surface area contributed by atoms with Crippen molar-refractivity contribution in [3.05, 3.63) is 64.7 Å². The highest BCUT2D eigenvalue weighted by Crippen LogP contribution is 2.15. The van der Waals surface area contributed by atoms with Crippen molar-refractivity contribution in [3.8, 4) is 0 Å². The summed E-state index contributed by atoms with van der Waals surface area (Å²) in [6.45, 7) is 8.54. The van der Waals surface area contributed by atoms with Crippen LogP contribution in [0.4, 0.5) is 0 Å². The maximum absolute atomic E-state index is 2.18. The summed E-state index contributed by atoms with van der Waals surface area (Å²) in [4.78, 5) is 0. The molecule has 0 heteroatoms. The number of hydrogen-bond donors (Lipinski definition) is 0. The van der Waals surface area contributed by atoms with Crippen LogP contribution < -0.4 is 0 Å². The van der Waals surface area contributed by atoms with Crippen molar-refractivity contribution in [1.82, 2.24) is 0 Å². The number of hydrogen-bond acceptors (Lipinski definition) is 0. The lowest BCUT2D eigenvalue weighted by molar-refractivity contribution is 1.31. The fourth-order valence-electron chi connectivity index (χ4n) is 1.67. The third-order valence-electron chi connectivity index (χ3n) is 2.78. The Morgan fingerprint density at radius 3 is 1.94 bits per heavy atom. The second kappa shape index (κ2) is 6.12. The fourth-order valence-corrected chi connectivity index (χ4v) is 1.67. The molecule has 0 spiro atoms. The van der Waals surface area contributed by atoms with Gasteiger partial charge in [-0.3, -0.25) is 0 Å². The van der Waals surface area contributed by atoms with E-state index < -0.39 is 0 Å². The maximum atomic E-state index is 2.18. The predicted molar refractivity (Wildman–Crippen MR) is 73.0 cm³/mol. The lowest BCUT2D eigenvalue weighted by Gasteiger charge is -2.04. The van der Waals surface area contributed by atoms with Crippen LogP contribution in [-0.2, 0) is 0 Å². The Kier molecular flexibility index (Phi) is 4.78. The van der Waals surface area contributed by atoms with E-state index in [1.165, 1.54) is 22.3 Å². The molecule has 0 nitrogen and oxygen atoms in total. The van der Waals surface area contributed by atoms with Gasteiger partial charge in [0.2, 0.25) is 0 Å². The Morgan fingerprint density at radius 1 is 0.812 bits per heavy atom. The average Bonchev–Trinajstić information content (AvgIpc) is 2.28. The van der Waals surface area contributed by atoms with Crippen LogP contribution in [0.1, 0.15) is 29.2 Å². The second-order valence-corrected chi connectivity index (χ2v) is 4.01. The second-order valence-electron chi connectivity index (χ2n) is 4.01. The van der Waals surface area contributed by atoms with Crippen LogP contribution in [0.15, 0.2) is 42.5 Å². The van der Waals surface area contributed by atoms with Gasteiger partial charge in [-0.1, -0.05) is 48.6 Å². The van der Waals surface area contributed by atoms with Crippen LogP contribution in [-0.4, -0.2) is 0 Å². The predicted octanol–water partition coefficient (Wildman–Crippen LogP) is 4.77. The molecule has 0 unspecified atom stereocenters. The van der Waals surface area contributed by atoms with Crippen LogP contribution in [0.3, 0.4) is 0 Å². The van der Waals surface area contributed by atoms with E-state index >= 15 is 0 Å². The van der Waals surface area contributed by atoms with E-state index in [-0.39, 0.29) is 0 Å². The van der Waals surface area contributed by atoms with Crippen LogP contribution in [0.25, 0.3) is 6.08 Å². The van der Waals surface area contributed by atoms with Crippen molar-refractivity contribution in [1.29, 1.82) is 0 Å². The molecule has 0 atom stereocenters. The molecule has 84 valence electrons. The van der Waals surface area contributed by atoms with E-state index in [4.69, 9.17) is 0 Å². The van der Waals surface area contributed by atoms with Gasteiger partial charge in [-0.25, -0.2) is 0 Å². The summed E-state index contributed by atoms with van der Waals surface area (Å²) in [6, 6.07) is 12.6. The molecule has 0 saturated heterocycles. The summed E-state index contributed by atoms with van der Waals surface area (Å²) in [7, 11) is 0. The van der Waals surface area contributed by atoms with Crippen molar-refractivity contribution in [2.45, 2.75) is 27.7 Å². The molecular formula is C16H20. The van der Waals surface area contributed by atoms with E-state index in [0.717, 1.165) is 0 Å². The summed E-state index contributed by atoms with van der Waals surface area (Å²) in [6.07, 6.45) is 4.27. The first-order valence-corrected chi connectivity index (χ1v) is 5.69. The molecule has 0 N–H and O–H groups in total. The smallest absolute Gasteiger partial charge is 0.0199 e. The zero-order valence-corrected chi connectivity index (χ0v) is 10.6. The quantitative estimate of drug-likeness (QED) is 0.629. The van der Waals surface area contributed by atoms with E-state index in [1.54, 1.807) is 0 Å². The maximum Gasteiger partial charge on any atom is -0.0199 e. The molecule has 0 aliphatic rings. The zero-order valence-electron chi connectivity index (χ0n) is 10.6. The molecular weight excluding hydrogens is 192 g/mol. The van der Waals surface area contributed by atoms with Crippen LogP contribution in [0.5, 0.6) is 0 Å². The average molecular weight is 212 g/mol. The Bertz CT molecular complexity index is 438. The highest BCUT2D eigenvalue weighted by Gasteiger charge is 1.96. The van der Waals surface area contributed by atoms with Gasteiger partial charge in [0.1, 0.15) is 0 Å². The van der Waals surface area contributed by atoms with E-state index in [9.17, 15) is 0 Å². The van der Waals surface area contributed by atoms with Gasteiger partial charge in [-0.05, 0) is 49.9 Å².